The maximum absolute atomic E-state index is 12.8. The minimum atomic E-state index is -0.148. The Bertz CT molecular complexity index is 1040. The number of fused-ring (bicyclic) bond motifs is 1. The van der Waals surface area contributed by atoms with Gasteiger partial charge in [-0.05, 0) is 29.8 Å². The lowest BCUT2D eigenvalue weighted by Crippen LogP contribution is -2.27. The molecule has 0 saturated heterocycles. The summed E-state index contributed by atoms with van der Waals surface area (Å²) < 4.78 is 6.66. The minimum absolute atomic E-state index is 0.135. The molecule has 1 aromatic heterocycles. The van der Waals surface area contributed by atoms with Crippen molar-refractivity contribution < 1.29 is 9.53 Å². The van der Waals surface area contributed by atoms with Crippen molar-refractivity contribution in [2.45, 2.75) is 18.2 Å². The van der Waals surface area contributed by atoms with Gasteiger partial charge in [-0.15, -0.1) is 0 Å². The third-order valence-electron chi connectivity index (χ3n) is 4.06. The molecule has 0 aliphatic carbocycles. The normalized spacial score (nSPS) is 10.9. The summed E-state index contributed by atoms with van der Waals surface area (Å²) in [6.45, 7) is 1.15. The topological polar surface area (TPSA) is 73.2 Å². The molecule has 0 saturated carbocycles. The number of nitrogens with one attached hydrogen (secondary N) is 1. The summed E-state index contributed by atoms with van der Waals surface area (Å²) in [5, 5.41) is 4.53. The molecule has 0 unspecified atom stereocenters. The second kappa shape index (κ2) is 9.73. The van der Waals surface area contributed by atoms with Crippen LogP contribution in [0.5, 0.6) is 0 Å². The molecule has 0 aliphatic rings. The molecule has 6 nitrogen and oxygen atoms in total. The summed E-state index contributed by atoms with van der Waals surface area (Å²) >= 11 is 7.19. The van der Waals surface area contributed by atoms with Crippen molar-refractivity contribution in [1.29, 1.82) is 0 Å². The third kappa shape index (κ3) is 5.13. The Morgan fingerprint density at radius 3 is 2.86 bits per heavy atom. The van der Waals surface area contributed by atoms with E-state index >= 15 is 0 Å². The van der Waals surface area contributed by atoms with Gasteiger partial charge in [-0.1, -0.05) is 47.6 Å². The zero-order valence-corrected chi connectivity index (χ0v) is 16.9. The van der Waals surface area contributed by atoms with Crippen LogP contribution in [0.15, 0.2) is 58.5 Å². The number of thioether (sulfide) groups is 1. The summed E-state index contributed by atoms with van der Waals surface area (Å²) in [5.41, 5.74) is 1.40. The van der Waals surface area contributed by atoms with E-state index < -0.39 is 0 Å². The molecular weight excluding hydrogens is 398 g/mol. The molecule has 0 aliphatic heterocycles. The SMILES string of the molecule is COCCn1c(SCC(=O)NCc2cccc(Cl)c2)nc2ccccc2c1=O. The molecule has 0 atom stereocenters. The number of aromatic nitrogens is 2. The first-order valence-electron chi connectivity index (χ1n) is 8.71. The Kier molecular flexibility index (Phi) is 7.08. The smallest absolute Gasteiger partial charge is 0.262 e. The van der Waals surface area contributed by atoms with Crippen molar-refractivity contribution in [2.75, 3.05) is 19.5 Å². The number of rotatable bonds is 8. The summed E-state index contributed by atoms with van der Waals surface area (Å²) in [4.78, 5) is 29.6. The van der Waals surface area contributed by atoms with Crippen LogP contribution in [0.2, 0.25) is 5.02 Å². The van der Waals surface area contributed by atoms with E-state index in [0.29, 0.717) is 40.8 Å². The molecule has 146 valence electrons. The Morgan fingerprint density at radius 1 is 1.25 bits per heavy atom. The number of hydrogen-bond donors (Lipinski definition) is 1. The molecule has 0 spiro atoms. The minimum Gasteiger partial charge on any atom is -0.383 e. The lowest BCUT2D eigenvalue weighted by atomic mass is 10.2. The van der Waals surface area contributed by atoms with Crippen LogP contribution >= 0.6 is 23.4 Å². The molecule has 3 rings (SSSR count). The third-order valence-corrected chi connectivity index (χ3v) is 5.27. The number of nitrogens with zero attached hydrogens (tertiary/aromatic N) is 2. The number of benzene rings is 2. The van der Waals surface area contributed by atoms with Crippen LogP contribution in [0.4, 0.5) is 0 Å². The van der Waals surface area contributed by atoms with E-state index in [1.54, 1.807) is 29.9 Å². The lowest BCUT2D eigenvalue weighted by molar-refractivity contribution is -0.118. The van der Waals surface area contributed by atoms with Gasteiger partial charge in [-0.3, -0.25) is 14.2 Å². The highest BCUT2D eigenvalue weighted by Crippen LogP contribution is 2.18. The molecule has 28 heavy (non-hydrogen) atoms. The van der Waals surface area contributed by atoms with Gasteiger partial charge >= 0.3 is 0 Å². The molecule has 1 heterocycles. The van der Waals surface area contributed by atoms with Gasteiger partial charge < -0.3 is 10.1 Å². The summed E-state index contributed by atoms with van der Waals surface area (Å²) in [7, 11) is 1.58. The number of halogens is 1. The van der Waals surface area contributed by atoms with E-state index in [0.717, 1.165) is 5.56 Å². The van der Waals surface area contributed by atoms with Gasteiger partial charge in [0, 0.05) is 18.7 Å². The number of amides is 1. The zero-order chi connectivity index (χ0) is 19.9. The van der Waals surface area contributed by atoms with Crippen molar-refractivity contribution in [1.82, 2.24) is 14.9 Å². The quantitative estimate of drug-likeness (QED) is 0.450. The van der Waals surface area contributed by atoms with Crippen LogP contribution in [-0.4, -0.2) is 34.9 Å². The summed E-state index contributed by atoms with van der Waals surface area (Å²) in [5.74, 6) is 0.00360. The molecule has 3 aromatic rings. The second-order valence-corrected chi connectivity index (χ2v) is 7.44. The molecule has 1 N–H and O–H groups in total. The fourth-order valence-electron chi connectivity index (χ4n) is 2.67. The Balaban J connectivity index is 1.71. The van der Waals surface area contributed by atoms with Crippen LogP contribution in [0.25, 0.3) is 10.9 Å². The molecule has 0 radical (unpaired) electrons. The van der Waals surface area contributed by atoms with E-state index in [4.69, 9.17) is 16.3 Å². The predicted octanol–water partition coefficient (Wildman–Crippen LogP) is 3.10. The zero-order valence-electron chi connectivity index (χ0n) is 15.4. The Morgan fingerprint density at radius 2 is 2.07 bits per heavy atom. The first-order valence-corrected chi connectivity index (χ1v) is 10.1. The Labute approximate surface area is 171 Å². The fourth-order valence-corrected chi connectivity index (χ4v) is 3.73. The highest BCUT2D eigenvalue weighted by Gasteiger charge is 2.13. The number of ether oxygens (including phenoxy) is 1. The molecule has 8 heteroatoms. The summed E-state index contributed by atoms with van der Waals surface area (Å²) in [6.07, 6.45) is 0. The van der Waals surface area contributed by atoms with Crippen LogP contribution < -0.4 is 10.9 Å². The first kappa shape index (κ1) is 20.4. The van der Waals surface area contributed by atoms with Crippen LogP contribution in [0.3, 0.4) is 0 Å². The Hall–Kier alpha value is -2.35. The molecule has 2 aromatic carbocycles. The highest BCUT2D eigenvalue weighted by atomic mass is 35.5. The van der Waals surface area contributed by atoms with E-state index in [1.165, 1.54) is 11.8 Å². The monoisotopic (exact) mass is 417 g/mol. The van der Waals surface area contributed by atoms with Crippen molar-refractivity contribution in [2.24, 2.45) is 0 Å². The van der Waals surface area contributed by atoms with Gasteiger partial charge in [0.15, 0.2) is 5.16 Å². The molecule has 0 bridgehead atoms. The maximum atomic E-state index is 12.8. The summed E-state index contributed by atoms with van der Waals surface area (Å²) in [6, 6.07) is 14.5. The average Bonchev–Trinajstić information content (AvgIpc) is 2.70. The lowest BCUT2D eigenvalue weighted by Gasteiger charge is -2.12. The van der Waals surface area contributed by atoms with Gasteiger partial charge in [-0.2, -0.15) is 0 Å². The largest absolute Gasteiger partial charge is 0.383 e. The maximum Gasteiger partial charge on any atom is 0.262 e. The van der Waals surface area contributed by atoms with Gasteiger partial charge in [0.2, 0.25) is 5.91 Å². The van der Waals surface area contributed by atoms with Crippen molar-refractivity contribution in [3.63, 3.8) is 0 Å². The van der Waals surface area contributed by atoms with Crippen molar-refractivity contribution in [3.05, 3.63) is 69.5 Å². The van der Waals surface area contributed by atoms with Gasteiger partial charge in [0.25, 0.3) is 5.56 Å². The number of carbonyl (C=O) groups is 1. The van der Waals surface area contributed by atoms with Crippen LogP contribution in [-0.2, 0) is 22.6 Å². The highest BCUT2D eigenvalue weighted by molar-refractivity contribution is 7.99. The standard InChI is InChI=1S/C20H20ClN3O3S/c1-27-10-9-24-19(26)16-7-2-3-8-17(16)23-20(24)28-13-18(25)22-12-14-5-4-6-15(21)11-14/h2-8,11H,9-10,12-13H2,1H3,(H,22,25). The van der Waals surface area contributed by atoms with E-state index in [2.05, 4.69) is 10.3 Å². The van der Waals surface area contributed by atoms with Gasteiger partial charge in [0.1, 0.15) is 0 Å². The second-order valence-electron chi connectivity index (χ2n) is 6.06. The van der Waals surface area contributed by atoms with E-state index in [1.807, 2.05) is 30.3 Å². The fraction of sp³-hybridized carbons (Fsp3) is 0.250. The van der Waals surface area contributed by atoms with Crippen molar-refractivity contribution in [3.8, 4) is 0 Å². The van der Waals surface area contributed by atoms with E-state index in [-0.39, 0.29) is 17.2 Å². The number of para-hydroxylation sites is 1. The van der Waals surface area contributed by atoms with E-state index in [9.17, 15) is 9.59 Å². The van der Waals surface area contributed by atoms with Gasteiger partial charge in [0.05, 0.1) is 29.8 Å². The molecule has 0 fully saturated rings. The van der Waals surface area contributed by atoms with Crippen LogP contribution in [0.1, 0.15) is 5.56 Å². The molecule has 1 amide bonds. The first-order chi connectivity index (χ1) is 13.6. The average molecular weight is 418 g/mol. The molecular formula is C20H20ClN3O3S. The van der Waals surface area contributed by atoms with Gasteiger partial charge in [-0.25, -0.2) is 4.98 Å². The number of methoxy groups -OCH3 is 1. The van der Waals surface area contributed by atoms with Crippen molar-refractivity contribution >= 4 is 40.2 Å². The predicted molar refractivity (Wildman–Crippen MR) is 112 cm³/mol. The number of hydrogen-bond acceptors (Lipinski definition) is 5. The number of carbonyl (C=O) groups excluding carboxylic acids is 1. The van der Waals surface area contributed by atoms with Crippen LogP contribution in [0, 0.1) is 0 Å².